The lowest BCUT2D eigenvalue weighted by Gasteiger charge is -2.14. The first-order valence-electron chi connectivity index (χ1n) is 16.4. The van der Waals surface area contributed by atoms with Gasteiger partial charge in [-0.15, -0.1) is 0 Å². The first-order valence-corrected chi connectivity index (χ1v) is 16.4. The van der Waals surface area contributed by atoms with Crippen molar-refractivity contribution in [3.05, 3.63) is 47.5 Å². The van der Waals surface area contributed by atoms with E-state index < -0.39 is 0 Å². The van der Waals surface area contributed by atoms with Gasteiger partial charge in [-0.25, -0.2) is 0 Å². The molecule has 0 saturated carbocycles. The number of hydrogen-bond donors (Lipinski definition) is 0. The molecule has 0 aromatic heterocycles. The van der Waals surface area contributed by atoms with Crippen molar-refractivity contribution in [3.8, 4) is 0 Å². The molecule has 36 heavy (non-hydrogen) atoms. The summed E-state index contributed by atoms with van der Waals surface area (Å²) in [5, 5.41) is 2.95. The first-order chi connectivity index (χ1) is 17.9. The highest BCUT2D eigenvalue weighted by Crippen LogP contribution is 2.26. The predicted octanol–water partition coefficient (Wildman–Crippen LogP) is 12.5. The third kappa shape index (κ3) is 13.9. The van der Waals surface area contributed by atoms with Crippen molar-refractivity contribution in [2.75, 3.05) is 0 Å². The van der Waals surface area contributed by atoms with E-state index >= 15 is 0 Å². The molecule has 0 N–H and O–H groups in total. The zero-order chi connectivity index (χ0) is 25.5. The highest BCUT2D eigenvalue weighted by molar-refractivity contribution is 5.86. The van der Waals surface area contributed by atoms with Gasteiger partial charge in [-0.2, -0.15) is 0 Å². The quantitative estimate of drug-likeness (QED) is 0.128. The Balaban J connectivity index is 1.65. The Morgan fingerprint density at radius 3 is 1.31 bits per heavy atom. The van der Waals surface area contributed by atoms with Gasteiger partial charge in [0.25, 0.3) is 0 Å². The van der Waals surface area contributed by atoms with Crippen LogP contribution >= 0.6 is 0 Å². The highest BCUT2D eigenvalue weighted by Gasteiger charge is 2.08. The Morgan fingerprint density at radius 1 is 0.389 bits per heavy atom. The largest absolute Gasteiger partial charge is 0.0654 e. The summed E-state index contributed by atoms with van der Waals surface area (Å²) in [6.07, 6.45) is 33.9. The highest BCUT2D eigenvalue weighted by atomic mass is 14.1. The van der Waals surface area contributed by atoms with Crippen molar-refractivity contribution in [1.82, 2.24) is 0 Å². The minimum Gasteiger partial charge on any atom is -0.0654 e. The second kappa shape index (κ2) is 21.8. The van der Waals surface area contributed by atoms with Crippen LogP contribution in [0.4, 0.5) is 0 Å². The lowest BCUT2D eigenvalue weighted by atomic mass is 9.91. The van der Waals surface area contributed by atoms with Crippen LogP contribution in [0.15, 0.2) is 36.4 Å². The molecular formula is C36H60. The molecule has 0 aliphatic rings. The Morgan fingerprint density at radius 2 is 0.806 bits per heavy atom. The Hall–Kier alpha value is -1.30. The SMILES string of the molecule is CCCCCCCCCCCCCc1ccc2ccccc2c1CCCCCCCCCCCCC. The summed E-state index contributed by atoms with van der Waals surface area (Å²) in [7, 11) is 0. The molecule has 0 aliphatic heterocycles. The number of benzene rings is 2. The molecule has 0 heteroatoms. The van der Waals surface area contributed by atoms with E-state index in [0.29, 0.717) is 0 Å². The van der Waals surface area contributed by atoms with Gasteiger partial charge in [-0.05, 0) is 47.6 Å². The van der Waals surface area contributed by atoms with Crippen molar-refractivity contribution < 1.29 is 0 Å². The molecular weight excluding hydrogens is 432 g/mol. The van der Waals surface area contributed by atoms with Crippen molar-refractivity contribution >= 4 is 10.8 Å². The number of fused-ring (bicyclic) bond motifs is 1. The standard InChI is InChI=1S/C36H60/c1-3-5-7-9-11-13-15-17-19-21-23-27-33-31-32-34-28-25-26-30-36(34)35(33)29-24-22-20-18-16-14-12-10-8-6-4-2/h25-26,28,30-32H,3-24,27,29H2,1-2H3. The summed E-state index contributed by atoms with van der Waals surface area (Å²) in [5.41, 5.74) is 3.30. The second-order valence-electron chi connectivity index (χ2n) is 11.5. The molecule has 204 valence electrons. The van der Waals surface area contributed by atoms with E-state index in [0.717, 1.165) is 0 Å². The average molecular weight is 493 g/mol. The van der Waals surface area contributed by atoms with Crippen LogP contribution in [0, 0.1) is 0 Å². The van der Waals surface area contributed by atoms with Gasteiger partial charge in [0.1, 0.15) is 0 Å². The normalized spacial score (nSPS) is 11.5. The molecule has 0 bridgehead atoms. The smallest absolute Gasteiger partial charge is 0.0149 e. The van der Waals surface area contributed by atoms with Gasteiger partial charge in [0, 0.05) is 0 Å². The van der Waals surface area contributed by atoms with E-state index in [1.165, 1.54) is 165 Å². The topological polar surface area (TPSA) is 0 Å². The number of unbranched alkanes of at least 4 members (excludes halogenated alkanes) is 20. The summed E-state index contributed by atoms with van der Waals surface area (Å²) in [6.45, 7) is 4.61. The molecule has 0 aliphatic carbocycles. The maximum Gasteiger partial charge on any atom is -0.0149 e. The van der Waals surface area contributed by atoms with Crippen LogP contribution in [-0.2, 0) is 12.8 Å². The number of aryl methyl sites for hydroxylation is 2. The van der Waals surface area contributed by atoms with Gasteiger partial charge >= 0.3 is 0 Å². The number of rotatable bonds is 24. The monoisotopic (exact) mass is 492 g/mol. The lowest BCUT2D eigenvalue weighted by Crippen LogP contribution is -1.97. The molecule has 0 nitrogen and oxygen atoms in total. The van der Waals surface area contributed by atoms with Crippen molar-refractivity contribution in [1.29, 1.82) is 0 Å². The Kier molecular flexibility index (Phi) is 18.7. The Bertz CT molecular complexity index is 758. The Labute approximate surface area is 226 Å². The second-order valence-corrected chi connectivity index (χ2v) is 11.5. The van der Waals surface area contributed by atoms with Crippen LogP contribution in [0.25, 0.3) is 10.8 Å². The average Bonchev–Trinajstić information content (AvgIpc) is 2.91. The third-order valence-corrected chi connectivity index (χ3v) is 8.22. The molecule has 0 heterocycles. The van der Waals surface area contributed by atoms with Crippen LogP contribution in [0.5, 0.6) is 0 Å². The van der Waals surface area contributed by atoms with Crippen LogP contribution in [0.1, 0.15) is 166 Å². The van der Waals surface area contributed by atoms with Gasteiger partial charge in [0.2, 0.25) is 0 Å². The minimum atomic E-state index is 1.27. The van der Waals surface area contributed by atoms with Crippen molar-refractivity contribution in [3.63, 3.8) is 0 Å². The molecule has 0 unspecified atom stereocenters. The summed E-state index contributed by atoms with van der Waals surface area (Å²) in [6, 6.07) is 13.9. The van der Waals surface area contributed by atoms with Crippen molar-refractivity contribution in [2.24, 2.45) is 0 Å². The predicted molar refractivity (Wildman–Crippen MR) is 164 cm³/mol. The maximum absolute atomic E-state index is 2.45. The van der Waals surface area contributed by atoms with E-state index in [1.807, 2.05) is 0 Å². The molecule has 0 spiro atoms. The van der Waals surface area contributed by atoms with Gasteiger partial charge in [-0.1, -0.05) is 179 Å². The van der Waals surface area contributed by atoms with Gasteiger partial charge in [0.05, 0.1) is 0 Å². The fraction of sp³-hybridized carbons (Fsp3) is 0.722. The first kappa shape index (κ1) is 30.9. The van der Waals surface area contributed by atoms with Crippen LogP contribution in [0.2, 0.25) is 0 Å². The number of hydrogen-bond acceptors (Lipinski definition) is 0. The molecule has 0 atom stereocenters. The van der Waals surface area contributed by atoms with Gasteiger partial charge in [-0.3, -0.25) is 0 Å². The molecule has 0 amide bonds. The maximum atomic E-state index is 2.45. The zero-order valence-electron chi connectivity index (χ0n) is 24.4. The van der Waals surface area contributed by atoms with Crippen LogP contribution < -0.4 is 0 Å². The molecule has 2 aromatic carbocycles. The molecule has 2 aromatic rings. The molecule has 0 fully saturated rings. The fourth-order valence-corrected chi connectivity index (χ4v) is 5.86. The summed E-state index contributed by atoms with van der Waals surface area (Å²) >= 11 is 0. The van der Waals surface area contributed by atoms with Crippen LogP contribution in [-0.4, -0.2) is 0 Å². The molecule has 0 radical (unpaired) electrons. The zero-order valence-corrected chi connectivity index (χ0v) is 24.4. The van der Waals surface area contributed by atoms with Gasteiger partial charge < -0.3 is 0 Å². The van der Waals surface area contributed by atoms with E-state index in [4.69, 9.17) is 0 Å². The third-order valence-electron chi connectivity index (χ3n) is 8.22. The van der Waals surface area contributed by atoms with Crippen molar-refractivity contribution in [2.45, 2.75) is 168 Å². The minimum absolute atomic E-state index is 1.27. The van der Waals surface area contributed by atoms with E-state index in [2.05, 4.69) is 50.2 Å². The summed E-state index contributed by atoms with van der Waals surface area (Å²) in [4.78, 5) is 0. The van der Waals surface area contributed by atoms with E-state index in [9.17, 15) is 0 Å². The summed E-state index contributed by atoms with van der Waals surface area (Å²) < 4.78 is 0. The lowest BCUT2D eigenvalue weighted by molar-refractivity contribution is 0.547. The summed E-state index contributed by atoms with van der Waals surface area (Å²) in [5.74, 6) is 0. The van der Waals surface area contributed by atoms with E-state index in [1.54, 1.807) is 11.1 Å². The molecule has 2 rings (SSSR count). The molecule has 0 saturated heterocycles. The van der Waals surface area contributed by atoms with Crippen LogP contribution in [0.3, 0.4) is 0 Å². The van der Waals surface area contributed by atoms with E-state index in [-0.39, 0.29) is 0 Å². The fourth-order valence-electron chi connectivity index (χ4n) is 5.86. The van der Waals surface area contributed by atoms with Gasteiger partial charge in [0.15, 0.2) is 0 Å².